The Morgan fingerprint density at radius 1 is 0.750 bits per heavy atom. The van der Waals surface area contributed by atoms with Gasteiger partial charge in [-0.25, -0.2) is 9.59 Å². The Kier molecular flexibility index (Phi) is 12.6. The normalized spacial score (nSPS) is 9.14. The first-order valence-electron chi connectivity index (χ1n) is 9.42. The van der Waals surface area contributed by atoms with Crippen LogP contribution >= 0.6 is 0 Å². The molecule has 3 rings (SSSR count). The van der Waals surface area contributed by atoms with E-state index >= 15 is 0 Å². The fourth-order valence-corrected chi connectivity index (χ4v) is 2.31. The molecule has 0 bridgehead atoms. The van der Waals surface area contributed by atoms with Gasteiger partial charge in [0.15, 0.2) is 0 Å². The molecule has 0 heterocycles. The number of anilines is 2. The molecule has 0 aliphatic rings. The van der Waals surface area contributed by atoms with Gasteiger partial charge >= 0.3 is 35.3 Å². The molecule has 0 atom stereocenters. The Morgan fingerprint density at radius 2 is 1.17 bits per heavy atom. The maximum atomic E-state index is 10.8. The van der Waals surface area contributed by atoms with Gasteiger partial charge in [0, 0.05) is 23.9 Å². The second-order valence-electron chi connectivity index (χ2n) is 6.50. The summed E-state index contributed by atoms with van der Waals surface area (Å²) in [4.78, 5) is 41.6. The molecule has 0 saturated heterocycles. The summed E-state index contributed by atoms with van der Waals surface area (Å²) in [7, 11) is 0. The van der Waals surface area contributed by atoms with Crippen LogP contribution < -0.4 is 31.5 Å². The number of hydrogen-bond donors (Lipinski definition) is 4. The van der Waals surface area contributed by atoms with E-state index in [0.717, 1.165) is 12.1 Å². The van der Waals surface area contributed by atoms with E-state index in [1.54, 1.807) is 6.07 Å². The third-order valence-electron chi connectivity index (χ3n) is 3.83. The predicted octanol–water partition coefficient (Wildman–Crippen LogP) is -0.324. The molecular formula is C23H19AlN2O10. The Bertz CT molecular complexity index is 1190. The van der Waals surface area contributed by atoms with E-state index in [1.165, 1.54) is 49.4 Å². The van der Waals surface area contributed by atoms with Gasteiger partial charge in [0.2, 0.25) is 0 Å². The molecular weight excluding hydrogens is 491 g/mol. The van der Waals surface area contributed by atoms with Crippen molar-refractivity contribution in [3.05, 3.63) is 77.4 Å². The number of ether oxygens (including phenoxy) is 1. The molecule has 3 aromatic carbocycles. The van der Waals surface area contributed by atoms with Gasteiger partial charge in [-0.3, -0.25) is 4.79 Å². The number of hydrogen-bond acceptors (Lipinski definition) is 10. The minimum absolute atomic E-state index is 0. The molecule has 184 valence electrons. The van der Waals surface area contributed by atoms with Crippen LogP contribution in [0.3, 0.4) is 0 Å². The number of nitrogens with two attached hydrogens (primary N) is 2. The van der Waals surface area contributed by atoms with Gasteiger partial charge in [-0.15, -0.1) is 0 Å². The van der Waals surface area contributed by atoms with Crippen molar-refractivity contribution in [1.29, 1.82) is 0 Å². The van der Waals surface area contributed by atoms with Gasteiger partial charge < -0.3 is 46.5 Å². The average Bonchev–Trinajstić information content (AvgIpc) is 2.74. The fourth-order valence-electron chi connectivity index (χ4n) is 2.31. The minimum atomic E-state index is -1.36. The van der Waals surface area contributed by atoms with E-state index in [1.807, 2.05) is 0 Å². The van der Waals surface area contributed by atoms with Crippen molar-refractivity contribution in [3.8, 4) is 17.2 Å². The van der Waals surface area contributed by atoms with E-state index in [9.17, 15) is 34.5 Å². The third-order valence-corrected chi connectivity index (χ3v) is 3.83. The number of nitrogen functional groups attached to an aromatic ring is 2. The molecule has 6 N–H and O–H groups in total. The summed E-state index contributed by atoms with van der Waals surface area (Å²) < 4.78 is 4.65. The van der Waals surface area contributed by atoms with E-state index in [-0.39, 0.29) is 51.2 Å². The molecule has 12 nitrogen and oxygen atoms in total. The van der Waals surface area contributed by atoms with E-state index in [4.69, 9.17) is 21.7 Å². The van der Waals surface area contributed by atoms with Gasteiger partial charge in [0.05, 0.1) is 17.1 Å². The van der Waals surface area contributed by atoms with Crippen LogP contribution in [0.25, 0.3) is 0 Å². The van der Waals surface area contributed by atoms with Crippen LogP contribution in [0.2, 0.25) is 0 Å². The largest absolute Gasteiger partial charge is 3.00 e. The molecule has 0 aliphatic carbocycles. The molecule has 36 heavy (non-hydrogen) atoms. The molecule has 0 aliphatic heterocycles. The first-order valence-corrected chi connectivity index (χ1v) is 9.42. The standard InChI is InChI=1S/C9H8O4.2C7H7NO3.Al/c1-6(10)13-8-5-3-2-4-7(8)9(11)12;2*8-4-1-2-5(7(10)11)6(9)3-4;/h2-5H,1H3,(H,11,12);2*1-3,9H,8H2,(H,10,11);/q;;;+3/p-3. The molecule has 0 saturated carbocycles. The van der Waals surface area contributed by atoms with Crippen molar-refractivity contribution in [1.82, 2.24) is 0 Å². The summed E-state index contributed by atoms with van der Waals surface area (Å²) in [6.45, 7) is 1.20. The summed E-state index contributed by atoms with van der Waals surface area (Å²) in [5.41, 5.74) is 10.4. The maximum absolute atomic E-state index is 10.8. The molecule has 0 fully saturated rings. The number of carbonyl (C=O) groups is 4. The number of carbonyl (C=O) groups excluding carboxylic acids is 2. The fraction of sp³-hybridized carbons (Fsp3) is 0.0435. The van der Waals surface area contributed by atoms with Gasteiger partial charge in [-0.05, 0) is 48.5 Å². The van der Waals surface area contributed by atoms with Gasteiger partial charge in [-0.2, -0.15) is 0 Å². The number of carboxylic acid groups (broad SMARTS) is 3. The first-order chi connectivity index (χ1) is 16.3. The minimum Gasteiger partial charge on any atom is -0.872 e. The van der Waals surface area contributed by atoms with Crippen LogP contribution in [-0.4, -0.2) is 51.5 Å². The summed E-state index contributed by atoms with van der Waals surface area (Å²) in [5.74, 6) is -5.49. The molecule has 0 amide bonds. The van der Waals surface area contributed by atoms with Crippen LogP contribution in [0.1, 0.15) is 38.0 Å². The zero-order chi connectivity index (χ0) is 26.7. The van der Waals surface area contributed by atoms with Gasteiger partial charge in [-0.1, -0.05) is 23.6 Å². The first kappa shape index (κ1) is 31.3. The van der Waals surface area contributed by atoms with Crippen molar-refractivity contribution in [2.75, 3.05) is 11.5 Å². The molecule has 0 unspecified atom stereocenters. The molecule has 0 radical (unpaired) electrons. The van der Waals surface area contributed by atoms with Crippen LogP contribution in [0.4, 0.5) is 11.4 Å². The van der Waals surface area contributed by atoms with Gasteiger partial charge in [0.1, 0.15) is 5.75 Å². The van der Waals surface area contributed by atoms with Crippen molar-refractivity contribution in [2.45, 2.75) is 6.92 Å². The number of para-hydroxylation sites is 1. The zero-order valence-electron chi connectivity index (χ0n) is 18.7. The van der Waals surface area contributed by atoms with Crippen molar-refractivity contribution in [2.24, 2.45) is 0 Å². The second kappa shape index (κ2) is 14.5. The Hall–Kier alpha value is -4.73. The Morgan fingerprint density at radius 3 is 1.50 bits per heavy atom. The van der Waals surface area contributed by atoms with Crippen molar-refractivity contribution >= 4 is 52.6 Å². The molecule has 0 aromatic heterocycles. The summed E-state index contributed by atoms with van der Waals surface area (Å²) in [6, 6.07) is 13.1. The Balaban J connectivity index is 0.000000506. The quantitative estimate of drug-likeness (QED) is 0.153. The van der Waals surface area contributed by atoms with Gasteiger partial charge in [0.25, 0.3) is 0 Å². The summed E-state index contributed by atoms with van der Waals surface area (Å²) >= 11 is 0. The number of benzene rings is 3. The van der Waals surface area contributed by atoms with Crippen LogP contribution in [-0.2, 0) is 4.79 Å². The predicted molar refractivity (Wildman–Crippen MR) is 122 cm³/mol. The number of aromatic carboxylic acids is 3. The monoisotopic (exact) mass is 510 g/mol. The topological polar surface area (TPSA) is 239 Å². The zero-order valence-corrected chi connectivity index (χ0v) is 19.8. The average molecular weight is 510 g/mol. The summed E-state index contributed by atoms with van der Waals surface area (Å²) in [6.07, 6.45) is 0. The number of carboxylic acids is 3. The summed E-state index contributed by atoms with van der Waals surface area (Å²) in [5, 5.41) is 49.0. The Labute approximate surface area is 215 Å². The van der Waals surface area contributed by atoms with E-state index in [0.29, 0.717) is 0 Å². The SMILES string of the molecule is CC(=O)Oc1ccccc1C(=O)[O-].Nc1ccc(C(=O)O)c([O-])c1.Nc1ccc(C(=O)O)c([O-])c1.[Al+3]. The smallest absolute Gasteiger partial charge is 0.872 e. The van der Waals surface area contributed by atoms with Crippen molar-refractivity contribution in [3.63, 3.8) is 0 Å². The molecule has 13 heteroatoms. The third kappa shape index (κ3) is 10.0. The molecule has 3 aromatic rings. The molecule has 0 spiro atoms. The maximum Gasteiger partial charge on any atom is 3.00 e. The van der Waals surface area contributed by atoms with Crippen molar-refractivity contribution < 1.29 is 49.4 Å². The number of rotatable bonds is 4. The van der Waals surface area contributed by atoms with E-state index in [2.05, 4.69) is 4.74 Å². The van der Waals surface area contributed by atoms with Crippen LogP contribution in [0.5, 0.6) is 17.2 Å². The number of esters is 1. The van der Waals surface area contributed by atoms with E-state index < -0.39 is 35.4 Å². The van der Waals surface area contributed by atoms with Crippen LogP contribution in [0.15, 0.2) is 60.7 Å². The van der Waals surface area contributed by atoms with Crippen LogP contribution in [0, 0.1) is 0 Å². The second-order valence-corrected chi connectivity index (χ2v) is 6.50.